The van der Waals surface area contributed by atoms with Crippen molar-refractivity contribution in [2.45, 2.75) is 31.8 Å². The Morgan fingerprint density at radius 3 is 2.50 bits per heavy atom. The van der Waals surface area contributed by atoms with Gasteiger partial charge < -0.3 is 15.0 Å². The lowest BCUT2D eigenvalue weighted by molar-refractivity contribution is 0.141. The summed E-state index contributed by atoms with van der Waals surface area (Å²) in [6.45, 7) is 4.52. The van der Waals surface area contributed by atoms with Crippen molar-refractivity contribution >= 4 is 0 Å². The molecule has 0 aromatic heterocycles. The molecule has 1 aromatic carbocycles. The molecule has 0 radical (unpaired) electrons. The Bertz CT molecular complexity index is 375. The average molecular weight is 250 g/mol. The molecule has 1 unspecified atom stereocenters. The first-order valence-corrected chi connectivity index (χ1v) is 6.39. The highest BCUT2D eigenvalue weighted by molar-refractivity contribution is 5.29. The van der Waals surface area contributed by atoms with E-state index in [1.807, 2.05) is 19.2 Å². The van der Waals surface area contributed by atoms with E-state index in [9.17, 15) is 0 Å². The second-order valence-corrected chi connectivity index (χ2v) is 5.45. The van der Waals surface area contributed by atoms with Gasteiger partial charge in [0, 0.05) is 11.6 Å². The third kappa shape index (κ3) is 3.47. The molecule has 1 aromatic rings. The molecular formula is C15H26N2O. The topological polar surface area (TPSA) is 24.5 Å². The first-order valence-electron chi connectivity index (χ1n) is 6.39. The molecule has 0 saturated carbocycles. The molecule has 0 aliphatic heterocycles. The minimum absolute atomic E-state index is 0.0951. The van der Waals surface area contributed by atoms with Crippen LogP contribution < -0.4 is 10.1 Å². The van der Waals surface area contributed by atoms with Gasteiger partial charge in [-0.1, -0.05) is 12.1 Å². The van der Waals surface area contributed by atoms with E-state index in [4.69, 9.17) is 4.74 Å². The second-order valence-electron chi connectivity index (χ2n) is 5.45. The zero-order valence-corrected chi connectivity index (χ0v) is 12.4. The lowest BCUT2D eigenvalue weighted by Crippen LogP contribution is -2.55. The smallest absolute Gasteiger partial charge is 0.119 e. The van der Waals surface area contributed by atoms with E-state index in [2.05, 4.69) is 50.3 Å². The predicted molar refractivity (Wildman–Crippen MR) is 77.3 cm³/mol. The van der Waals surface area contributed by atoms with Crippen LogP contribution in [0.5, 0.6) is 5.75 Å². The third-order valence-corrected chi connectivity index (χ3v) is 3.93. The van der Waals surface area contributed by atoms with Gasteiger partial charge in [-0.25, -0.2) is 0 Å². The fourth-order valence-corrected chi connectivity index (χ4v) is 2.05. The molecule has 3 nitrogen and oxygen atoms in total. The second kappa shape index (κ2) is 6.21. The van der Waals surface area contributed by atoms with Crippen LogP contribution >= 0.6 is 0 Å². The Labute approximate surface area is 111 Å². The number of likely N-dealkylation sites (N-methyl/N-ethyl adjacent to an activating group) is 2. The summed E-state index contributed by atoms with van der Waals surface area (Å²) in [4.78, 5) is 2.26. The quantitative estimate of drug-likeness (QED) is 0.837. The average Bonchev–Trinajstić information content (AvgIpc) is 2.35. The van der Waals surface area contributed by atoms with Crippen LogP contribution in [0.3, 0.4) is 0 Å². The molecular weight excluding hydrogens is 224 g/mol. The third-order valence-electron chi connectivity index (χ3n) is 3.93. The number of rotatable bonds is 6. The van der Waals surface area contributed by atoms with E-state index in [1.165, 1.54) is 5.56 Å². The van der Waals surface area contributed by atoms with E-state index in [0.717, 1.165) is 12.2 Å². The lowest BCUT2D eigenvalue weighted by atomic mass is 9.88. The van der Waals surface area contributed by atoms with Crippen LogP contribution in [0.15, 0.2) is 24.3 Å². The maximum absolute atomic E-state index is 5.27. The largest absolute Gasteiger partial charge is 0.497 e. The number of benzene rings is 1. The van der Waals surface area contributed by atoms with Gasteiger partial charge in [0.25, 0.3) is 0 Å². The molecule has 0 bridgehead atoms. The van der Waals surface area contributed by atoms with Crippen molar-refractivity contribution in [1.82, 2.24) is 10.2 Å². The van der Waals surface area contributed by atoms with E-state index < -0.39 is 0 Å². The zero-order valence-electron chi connectivity index (χ0n) is 12.4. The summed E-state index contributed by atoms with van der Waals surface area (Å²) in [7, 11) is 7.97. The van der Waals surface area contributed by atoms with E-state index in [-0.39, 0.29) is 5.54 Å². The Hall–Kier alpha value is -1.06. The van der Waals surface area contributed by atoms with Crippen LogP contribution in [0.25, 0.3) is 0 Å². The molecule has 1 N–H and O–H groups in total. The molecule has 0 aliphatic rings. The molecule has 0 spiro atoms. The van der Waals surface area contributed by atoms with Gasteiger partial charge in [-0.3, -0.25) is 0 Å². The molecule has 0 amide bonds. The van der Waals surface area contributed by atoms with Gasteiger partial charge in [-0.15, -0.1) is 0 Å². The van der Waals surface area contributed by atoms with Crippen LogP contribution in [0.2, 0.25) is 0 Å². The number of methoxy groups -OCH3 is 1. The molecule has 0 saturated heterocycles. The summed E-state index contributed by atoms with van der Waals surface area (Å²) in [6.07, 6.45) is 0.985. The maximum Gasteiger partial charge on any atom is 0.119 e. The monoisotopic (exact) mass is 250 g/mol. The number of nitrogens with one attached hydrogen (secondary N) is 1. The van der Waals surface area contributed by atoms with Crippen molar-refractivity contribution < 1.29 is 4.74 Å². The van der Waals surface area contributed by atoms with Crippen molar-refractivity contribution in [1.29, 1.82) is 0 Å². The van der Waals surface area contributed by atoms with Crippen molar-refractivity contribution in [2.75, 3.05) is 28.3 Å². The normalized spacial score (nSPS) is 13.7. The van der Waals surface area contributed by atoms with Gasteiger partial charge in [-0.2, -0.15) is 0 Å². The summed E-state index contributed by atoms with van der Waals surface area (Å²) in [6, 6.07) is 8.67. The number of ether oxygens (including phenoxy) is 1. The molecule has 3 heteroatoms. The minimum Gasteiger partial charge on any atom is -0.497 e. The van der Waals surface area contributed by atoms with Gasteiger partial charge in [0.15, 0.2) is 0 Å². The Kier molecular flexibility index (Phi) is 5.17. The predicted octanol–water partition coefficient (Wildman–Crippen LogP) is 2.17. The number of hydrogen-bond acceptors (Lipinski definition) is 3. The van der Waals surface area contributed by atoms with Crippen molar-refractivity contribution in [3.8, 4) is 5.75 Å². The number of nitrogens with zero attached hydrogens (tertiary/aromatic N) is 1. The molecule has 1 atom stereocenters. The molecule has 0 aliphatic carbocycles. The fraction of sp³-hybridized carbons (Fsp3) is 0.600. The summed E-state index contributed by atoms with van der Waals surface area (Å²) < 4.78 is 5.27. The molecule has 102 valence electrons. The Balaban J connectivity index is 2.85. The first-order chi connectivity index (χ1) is 8.41. The van der Waals surface area contributed by atoms with Crippen molar-refractivity contribution in [3.63, 3.8) is 0 Å². The van der Waals surface area contributed by atoms with Crippen LogP contribution in [0.4, 0.5) is 0 Å². The van der Waals surface area contributed by atoms with Gasteiger partial charge in [0.2, 0.25) is 0 Å². The molecule has 0 fully saturated rings. The van der Waals surface area contributed by atoms with Crippen LogP contribution in [0, 0.1) is 0 Å². The van der Waals surface area contributed by atoms with Crippen LogP contribution in [-0.2, 0) is 6.42 Å². The fourth-order valence-electron chi connectivity index (χ4n) is 2.05. The van der Waals surface area contributed by atoms with Crippen LogP contribution in [0.1, 0.15) is 19.4 Å². The Morgan fingerprint density at radius 1 is 1.33 bits per heavy atom. The molecule has 1 rings (SSSR count). The molecule has 0 heterocycles. The van der Waals surface area contributed by atoms with Gasteiger partial charge in [-0.05, 0) is 59.1 Å². The summed E-state index contributed by atoms with van der Waals surface area (Å²) in [5.41, 5.74) is 1.39. The molecule has 18 heavy (non-hydrogen) atoms. The highest BCUT2D eigenvalue weighted by Crippen LogP contribution is 2.21. The summed E-state index contributed by atoms with van der Waals surface area (Å²) in [5, 5.41) is 3.43. The SMILES string of the molecule is CNC(Cc1cccc(OC)c1)C(C)(C)N(C)C. The van der Waals surface area contributed by atoms with E-state index in [1.54, 1.807) is 7.11 Å². The van der Waals surface area contributed by atoms with Crippen LogP contribution in [-0.4, -0.2) is 44.7 Å². The van der Waals surface area contributed by atoms with Gasteiger partial charge in [0.05, 0.1) is 7.11 Å². The van der Waals surface area contributed by atoms with Crippen molar-refractivity contribution in [2.24, 2.45) is 0 Å². The minimum atomic E-state index is 0.0951. The van der Waals surface area contributed by atoms with E-state index >= 15 is 0 Å². The van der Waals surface area contributed by atoms with Crippen molar-refractivity contribution in [3.05, 3.63) is 29.8 Å². The van der Waals surface area contributed by atoms with E-state index in [0.29, 0.717) is 6.04 Å². The maximum atomic E-state index is 5.27. The first kappa shape index (κ1) is 15.0. The van der Waals surface area contributed by atoms with Gasteiger partial charge in [0.1, 0.15) is 5.75 Å². The highest BCUT2D eigenvalue weighted by atomic mass is 16.5. The summed E-state index contributed by atoms with van der Waals surface area (Å²) in [5.74, 6) is 0.921. The zero-order chi connectivity index (χ0) is 13.8. The van der Waals surface area contributed by atoms with Gasteiger partial charge >= 0.3 is 0 Å². The standard InChI is InChI=1S/C15H26N2O/c1-15(2,17(4)5)14(16-3)11-12-8-7-9-13(10-12)18-6/h7-10,14,16H,11H2,1-6H3. The Morgan fingerprint density at radius 2 is 2.00 bits per heavy atom. The summed E-state index contributed by atoms with van der Waals surface area (Å²) >= 11 is 0. The lowest BCUT2D eigenvalue weighted by Gasteiger charge is -2.40. The number of hydrogen-bond donors (Lipinski definition) is 1. The highest BCUT2D eigenvalue weighted by Gasteiger charge is 2.30.